The highest BCUT2D eigenvalue weighted by Gasteiger charge is 2.15. The average Bonchev–Trinajstić information content (AvgIpc) is 2.87. The lowest BCUT2D eigenvalue weighted by atomic mass is 10.2. The third-order valence-corrected chi connectivity index (χ3v) is 4.75. The summed E-state index contributed by atoms with van der Waals surface area (Å²) >= 11 is 0. The molecule has 0 fully saturated rings. The third-order valence-electron chi connectivity index (χ3n) is 3.45. The van der Waals surface area contributed by atoms with E-state index in [4.69, 9.17) is 9.15 Å². The maximum Gasteiger partial charge on any atom is 0.176 e. The van der Waals surface area contributed by atoms with Gasteiger partial charge in [-0.15, -0.1) is 0 Å². The van der Waals surface area contributed by atoms with Crippen molar-refractivity contribution in [2.75, 3.05) is 19.9 Å². The van der Waals surface area contributed by atoms with Gasteiger partial charge < -0.3 is 14.5 Å². The zero-order valence-corrected chi connectivity index (χ0v) is 13.1. The second-order valence-corrected chi connectivity index (χ2v) is 6.77. The number of para-hydroxylation sites is 1. The van der Waals surface area contributed by atoms with Crippen molar-refractivity contribution < 1.29 is 13.4 Å². The molecule has 5 heteroatoms. The van der Waals surface area contributed by atoms with Crippen LogP contribution in [0.25, 0.3) is 11.0 Å². The highest BCUT2D eigenvalue weighted by atomic mass is 32.2. The number of furan rings is 1. The van der Waals surface area contributed by atoms with Crippen molar-refractivity contribution in [1.82, 2.24) is 5.32 Å². The Bertz CT molecular complexity index is 608. The molecule has 0 saturated heterocycles. The highest BCUT2D eigenvalue weighted by Crippen LogP contribution is 2.30. The summed E-state index contributed by atoms with van der Waals surface area (Å²) in [6.07, 6.45) is 1.73. The fourth-order valence-corrected chi connectivity index (χ4v) is 2.32. The molecule has 2 aromatic rings. The highest BCUT2D eigenvalue weighted by molar-refractivity contribution is 7.84. The quantitative estimate of drug-likeness (QED) is 0.890. The van der Waals surface area contributed by atoms with Crippen molar-refractivity contribution in [3.63, 3.8) is 0 Å². The van der Waals surface area contributed by atoms with Gasteiger partial charge >= 0.3 is 0 Å². The molecule has 3 unspecified atom stereocenters. The van der Waals surface area contributed by atoms with Gasteiger partial charge in [0.1, 0.15) is 5.76 Å². The van der Waals surface area contributed by atoms with Crippen LogP contribution in [0.15, 0.2) is 28.7 Å². The smallest absolute Gasteiger partial charge is 0.176 e. The molecule has 0 amide bonds. The Kier molecular flexibility index (Phi) is 4.83. The Morgan fingerprint density at radius 1 is 1.40 bits per heavy atom. The van der Waals surface area contributed by atoms with Crippen molar-refractivity contribution in [2.24, 2.45) is 0 Å². The Hall–Kier alpha value is -1.33. The lowest BCUT2D eigenvalue weighted by Crippen LogP contribution is -2.29. The van der Waals surface area contributed by atoms with E-state index in [2.05, 4.69) is 5.32 Å². The van der Waals surface area contributed by atoms with Crippen LogP contribution >= 0.6 is 0 Å². The molecule has 0 saturated carbocycles. The molecule has 0 bridgehead atoms. The average molecular weight is 295 g/mol. The summed E-state index contributed by atoms with van der Waals surface area (Å²) < 4.78 is 22.5. The van der Waals surface area contributed by atoms with Crippen molar-refractivity contribution in [1.29, 1.82) is 0 Å². The zero-order valence-electron chi connectivity index (χ0n) is 12.3. The molecular formula is C15H21NO3S. The number of methoxy groups -OCH3 is 1. The van der Waals surface area contributed by atoms with Gasteiger partial charge in [-0.2, -0.15) is 0 Å². The van der Waals surface area contributed by atoms with Crippen LogP contribution in [0.3, 0.4) is 0 Å². The number of nitrogens with one attached hydrogen (secondary N) is 1. The van der Waals surface area contributed by atoms with Gasteiger partial charge in [0, 0.05) is 34.2 Å². The van der Waals surface area contributed by atoms with Crippen molar-refractivity contribution >= 4 is 21.8 Å². The predicted molar refractivity (Wildman–Crippen MR) is 82.7 cm³/mol. The maximum atomic E-state index is 11.3. The molecule has 110 valence electrons. The van der Waals surface area contributed by atoms with Crippen LogP contribution in [0.4, 0.5) is 0 Å². The normalized spacial score (nSPS) is 16.0. The number of ether oxygens (including phenoxy) is 1. The second-order valence-electron chi connectivity index (χ2n) is 4.97. The minimum Gasteiger partial charge on any atom is -0.493 e. The summed E-state index contributed by atoms with van der Waals surface area (Å²) in [5.74, 6) is 1.60. The Morgan fingerprint density at radius 2 is 2.15 bits per heavy atom. The summed E-state index contributed by atoms with van der Waals surface area (Å²) in [6, 6.07) is 7.92. The molecule has 4 nitrogen and oxygen atoms in total. The molecule has 3 atom stereocenters. The van der Waals surface area contributed by atoms with Crippen LogP contribution in [0.1, 0.15) is 25.6 Å². The number of benzene rings is 1. The topological polar surface area (TPSA) is 51.5 Å². The number of fused-ring (bicyclic) bond motifs is 1. The van der Waals surface area contributed by atoms with Gasteiger partial charge in [0.15, 0.2) is 11.3 Å². The van der Waals surface area contributed by atoms with E-state index in [1.807, 2.05) is 38.1 Å². The molecule has 2 rings (SSSR count). The van der Waals surface area contributed by atoms with Crippen molar-refractivity contribution in [3.05, 3.63) is 30.0 Å². The van der Waals surface area contributed by atoms with Crippen LogP contribution in [0.2, 0.25) is 0 Å². The predicted octanol–water partition coefficient (Wildman–Crippen LogP) is 2.86. The van der Waals surface area contributed by atoms with Crippen LogP contribution in [-0.2, 0) is 10.8 Å². The monoisotopic (exact) mass is 295 g/mol. The number of rotatable bonds is 6. The first kappa shape index (κ1) is 15.1. The summed E-state index contributed by atoms with van der Waals surface area (Å²) in [6.45, 7) is 4.70. The van der Waals surface area contributed by atoms with Gasteiger partial charge in [0.2, 0.25) is 0 Å². The van der Waals surface area contributed by atoms with E-state index < -0.39 is 10.8 Å². The summed E-state index contributed by atoms with van der Waals surface area (Å²) in [4.78, 5) is 0. The largest absolute Gasteiger partial charge is 0.493 e. The van der Waals surface area contributed by atoms with E-state index in [1.165, 1.54) is 0 Å². The lowest BCUT2D eigenvalue weighted by Gasteiger charge is -2.14. The van der Waals surface area contributed by atoms with Crippen LogP contribution < -0.4 is 10.1 Å². The minimum absolute atomic E-state index is 0.0677. The van der Waals surface area contributed by atoms with E-state index in [0.29, 0.717) is 6.54 Å². The number of hydrogen-bond donors (Lipinski definition) is 1. The number of hydrogen-bond acceptors (Lipinski definition) is 4. The van der Waals surface area contributed by atoms with Gasteiger partial charge in [-0.3, -0.25) is 4.21 Å². The Labute approximate surface area is 121 Å². The van der Waals surface area contributed by atoms with Crippen molar-refractivity contribution in [3.8, 4) is 5.75 Å². The Balaban J connectivity index is 2.14. The van der Waals surface area contributed by atoms with E-state index in [9.17, 15) is 4.21 Å². The fraction of sp³-hybridized carbons (Fsp3) is 0.467. The van der Waals surface area contributed by atoms with E-state index in [-0.39, 0.29) is 11.3 Å². The van der Waals surface area contributed by atoms with Gasteiger partial charge in [-0.25, -0.2) is 0 Å². The molecule has 1 aromatic carbocycles. The first-order chi connectivity index (χ1) is 9.52. The minimum atomic E-state index is -0.816. The molecule has 20 heavy (non-hydrogen) atoms. The van der Waals surface area contributed by atoms with E-state index >= 15 is 0 Å². The van der Waals surface area contributed by atoms with Crippen LogP contribution in [0, 0.1) is 0 Å². The summed E-state index contributed by atoms with van der Waals surface area (Å²) in [5, 5.41) is 4.50. The van der Waals surface area contributed by atoms with Gasteiger partial charge in [0.25, 0.3) is 0 Å². The maximum absolute atomic E-state index is 11.3. The SMILES string of the molecule is COc1cccc2cc(C(C)NCC(C)S(C)=O)oc12. The second kappa shape index (κ2) is 6.41. The first-order valence-corrected chi connectivity index (χ1v) is 8.27. The molecule has 0 aliphatic carbocycles. The molecule has 0 spiro atoms. The standard InChI is InChI=1S/C15H21NO3S/c1-10(20(4)17)9-16-11(2)14-8-12-6-5-7-13(18-3)15(12)19-14/h5-8,10-11,16H,9H2,1-4H3. The Morgan fingerprint density at radius 3 is 2.80 bits per heavy atom. The molecule has 1 heterocycles. The third kappa shape index (κ3) is 3.22. The fourth-order valence-electron chi connectivity index (χ4n) is 1.99. The van der Waals surface area contributed by atoms with Crippen LogP contribution in [0.5, 0.6) is 5.75 Å². The molecule has 1 N–H and O–H groups in total. The first-order valence-electron chi connectivity index (χ1n) is 6.65. The molecule has 0 aliphatic heterocycles. The van der Waals surface area contributed by atoms with Gasteiger partial charge in [-0.05, 0) is 26.0 Å². The van der Waals surface area contributed by atoms with Gasteiger partial charge in [0.05, 0.1) is 13.2 Å². The van der Waals surface area contributed by atoms with Crippen LogP contribution in [-0.4, -0.2) is 29.4 Å². The van der Waals surface area contributed by atoms with Gasteiger partial charge in [-0.1, -0.05) is 12.1 Å². The molecular weight excluding hydrogens is 274 g/mol. The summed E-state index contributed by atoms with van der Waals surface area (Å²) in [5.41, 5.74) is 0.769. The summed E-state index contributed by atoms with van der Waals surface area (Å²) in [7, 11) is 0.820. The lowest BCUT2D eigenvalue weighted by molar-refractivity contribution is 0.400. The van der Waals surface area contributed by atoms with E-state index in [0.717, 1.165) is 22.5 Å². The molecule has 0 radical (unpaired) electrons. The zero-order chi connectivity index (χ0) is 14.7. The molecule has 1 aromatic heterocycles. The molecule has 0 aliphatic rings. The van der Waals surface area contributed by atoms with E-state index in [1.54, 1.807) is 13.4 Å². The van der Waals surface area contributed by atoms with Crippen molar-refractivity contribution in [2.45, 2.75) is 25.1 Å².